The number of sulfonamides is 1. The summed E-state index contributed by atoms with van der Waals surface area (Å²) in [6.45, 7) is 2.19. The third-order valence-electron chi connectivity index (χ3n) is 3.91. The first-order chi connectivity index (χ1) is 11.2. The number of aryl methyl sites for hydroxylation is 1. The Labute approximate surface area is 141 Å². The van der Waals surface area contributed by atoms with E-state index < -0.39 is 10.0 Å². The van der Waals surface area contributed by atoms with Crippen molar-refractivity contribution in [2.75, 3.05) is 37.3 Å². The third-order valence-corrected chi connectivity index (χ3v) is 4.64. The van der Waals surface area contributed by atoms with Crippen molar-refractivity contribution in [2.45, 2.75) is 12.8 Å². The third kappa shape index (κ3) is 5.60. The molecule has 1 fully saturated rings. The van der Waals surface area contributed by atoms with Gasteiger partial charge in [-0.15, -0.1) is 0 Å². The molecule has 1 aromatic rings. The molecule has 24 heavy (non-hydrogen) atoms. The van der Waals surface area contributed by atoms with Crippen LogP contribution in [0.5, 0.6) is 0 Å². The van der Waals surface area contributed by atoms with E-state index in [-0.39, 0.29) is 24.4 Å². The molecule has 0 bridgehead atoms. The zero-order valence-electron chi connectivity index (χ0n) is 13.9. The van der Waals surface area contributed by atoms with Gasteiger partial charge in [-0.25, -0.2) is 17.8 Å². The zero-order valence-corrected chi connectivity index (χ0v) is 14.7. The quantitative estimate of drug-likeness (QED) is 0.625. The summed E-state index contributed by atoms with van der Waals surface area (Å²) in [6.07, 6.45) is 3.75. The minimum absolute atomic E-state index is 0.0977. The maximum Gasteiger partial charge on any atom is 0.268 e. The first-order valence-corrected chi connectivity index (χ1v) is 9.63. The van der Waals surface area contributed by atoms with Gasteiger partial charge in [0.2, 0.25) is 15.9 Å². The molecule has 0 aliphatic carbocycles. The summed E-state index contributed by atoms with van der Waals surface area (Å²) in [6, 6.07) is 1.56. The molecule has 0 aromatic carbocycles. The zero-order chi connectivity index (χ0) is 17.7. The molecule has 1 amide bonds. The minimum Gasteiger partial charge on any atom is -0.370 e. The van der Waals surface area contributed by atoms with Crippen LogP contribution in [-0.4, -0.2) is 56.5 Å². The van der Waals surface area contributed by atoms with Crippen LogP contribution in [0.15, 0.2) is 17.1 Å². The van der Waals surface area contributed by atoms with Gasteiger partial charge in [-0.05, 0) is 12.3 Å². The van der Waals surface area contributed by atoms with Gasteiger partial charge in [-0.1, -0.05) is 0 Å². The van der Waals surface area contributed by atoms with Crippen molar-refractivity contribution < 1.29 is 13.2 Å². The smallest absolute Gasteiger partial charge is 0.268 e. The van der Waals surface area contributed by atoms with Gasteiger partial charge in [0.25, 0.3) is 5.56 Å². The summed E-state index contributed by atoms with van der Waals surface area (Å²) < 4.78 is 25.4. The molecule has 2 rings (SSSR count). The second-order valence-electron chi connectivity index (χ2n) is 6.00. The molecule has 1 aliphatic heterocycles. The Kier molecular flexibility index (Phi) is 5.94. The van der Waals surface area contributed by atoms with Crippen LogP contribution in [0, 0.1) is 5.92 Å². The van der Waals surface area contributed by atoms with Gasteiger partial charge < -0.3 is 10.2 Å². The molecule has 1 saturated heterocycles. The normalized spacial score (nSPS) is 17.9. The van der Waals surface area contributed by atoms with Gasteiger partial charge in [0.05, 0.1) is 18.1 Å². The highest BCUT2D eigenvalue weighted by molar-refractivity contribution is 7.88. The predicted molar refractivity (Wildman–Crippen MR) is 90.3 cm³/mol. The molecule has 134 valence electrons. The van der Waals surface area contributed by atoms with Crippen LogP contribution in [0.25, 0.3) is 0 Å². The molecule has 2 N–H and O–H groups in total. The Morgan fingerprint density at radius 1 is 1.46 bits per heavy atom. The van der Waals surface area contributed by atoms with Crippen LogP contribution in [0.1, 0.15) is 12.8 Å². The molecule has 0 spiro atoms. The highest BCUT2D eigenvalue weighted by Gasteiger charge is 2.23. The van der Waals surface area contributed by atoms with Crippen LogP contribution >= 0.6 is 0 Å². The second-order valence-corrected chi connectivity index (χ2v) is 7.83. The molecule has 10 heteroatoms. The van der Waals surface area contributed by atoms with Crippen molar-refractivity contribution in [3.63, 3.8) is 0 Å². The van der Waals surface area contributed by atoms with E-state index in [1.807, 2.05) is 0 Å². The fourth-order valence-electron chi connectivity index (χ4n) is 2.56. The van der Waals surface area contributed by atoms with Crippen molar-refractivity contribution in [1.82, 2.24) is 19.8 Å². The maximum absolute atomic E-state index is 11.7. The van der Waals surface area contributed by atoms with E-state index in [2.05, 4.69) is 20.0 Å². The molecule has 1 unspecified atom stereocenters. The molecule has 1 aromatic heterocycles. The van der Waals surface area contributed by atoms with E-state index in [0.29, 0.717) is 12.5 Å². The fourth-order valence-corrected chi connectivity index (χ4v) is 3.04. The number of nitrogens with zero attached hydrogens (tertiary/aromatic N) is 3. The first-order valence-electron chi connectivity index (χ1n) is 7.74. The van der Waals surface area contributed by atoms with Gasteiger partial charge in [0, 0.05) is 45.7 Å². The number of carbonyl (C=O) groups excluding carboxylic acids is 1. The first kappa shape index (κ1) is 18.4. The number of amides is 1. The molecule has 2 heterocycles. The lowest BCUT2D eigenvalue weighted by molar-refractivity contribution is -0.121. The number of carbonyl (C=O) groups is 1. The number of aromatic nitrogens is 2. The van der Waals surface area contributed by atoms with Gasteiger partial charge in [-0.3, -0.25) is 9.59 Å². The monoisotopic (exact) mass is 357 g/mol. The Balaban J connectivity index is 1.74. The minimum atomic E-state index is -3.26. The SMILES string of the molecule is Cn1ncc(N2CCC(CNC(=O)CCNS(C)(=O)=O)C2)cc1=O. The standard InChI is InChI=1S/C14H23N5O4S/c1-18-14(21)7-12(9-16-18)19-6-4-11(10-19)8-15-13(20)3-5-17-24(2,22)23/h7,9,11,17H,3-6,8,10H2,1-2H3,(H,15,20). The number of rotatable bonds is 7. The number of anilines is 1. The summed E-state index contributed by atoms with van der Waals surface area (Å²) >= 11 is 0. The van der Waals surface area contributed by atoms with E-state index in [0.717, 1.165) is 31.5 Å². The number of hydrogen-bond acceptors (Lipinski definition) is 6. The highest BCUT2D eigenvalue weighted by atomic mass is 32.2. The van der Waals surface area contributed by atoms with Crippen LogP contribution in [-0.2, 0) is 21.9 Å². The van der Waals surface area contributed by atoms with Gasteiger partial charge in [0.1, 0.15) is 0 Å². The molecule has 9 nitrogen and oxygen atoms in total. The Bertz CT molecular complexity index is 746. The van der Waals surface area contributed by atoms with E-state index in [1.54, 1.807) is 19.3 Å². The van der Waals surface area contributed by atoms with Crippen molar-refractivity contribution >= 4 is 21.6 Å². The number of hydrogen-bond donors (Lipinski definition) is 2. The Hall–Kier alpha value is -1.94. The average molecular weight is 357 g/mol. The summed E-state index contributed by atoms with van der Waals surface area (Å²) in [7, 11) is -1.66. The van der Waals surface area contributed by atoms with Crippen molar-refractivity contribution in [1.29, 1.82) is 0 Å². The Morgan fingerprint density at radius 3 is 2.88 bits per heavy atom. The fraction of sp³-hybridized carbons (Fsp3) is 0.643. The summed E-state index contributed by atoms with van der Waals surface area (Å²) in [4.78, 5) is 25.4. The van der Waals surface area contributed by atoms with Crippen LogP contribution in [0.4, 0.5) is 5.69 Å². The molecule has 0 saturated carbocycles. The van der Waals surface area contributed by atoms with Gasteiger partial charge >= 0.3 is 0 Å². The largest absolute Gasteiger partial charge is 0.370 e. The van der Waals surface area contributed by atoms with Gasteiger partial charge in [-0.2, -0.15) is 5.10 Å². The summed E-state index contributed by atoms with van der Waals surface area (Å²) in [5.74, 6) is 0.112. The van der Waals surface area contributed by atoms with Crippen molar-refractivity contribution in [3.8, 4) is 0 Å². The lowest BCUT2D eigenvalue weighted by Crippen LogP contribution is -2.34. The highest BCUT2D eigenvalue weighted by Crippen LogP contribution is 2.21. The molecular formula is C14H23N5O4S. The molecule has 1 atom stereocenters. The van der Waals surface area contributed by atoms with E-state index >= 15 is 0 Å². The van der Waals surface area contributed by atoms with Crippen molar-refractivity contribution in [2.24, 2.45) is 13.0 Å². The van der Waals surface area contributed by atoms with Crippen LogP contribution in [0.3, 0.4) is 0 Å². The second kappa shape index (κ2) is 7.75. The predicted octanol–water partition coefficient (Wildman–Crippen LogP) is -1.34. The number of nitrogens with one attached hydrogen (secondary N) is 2. The van der Waals surface area contributed by atoms with Gasteiger partial charge in [0.15, 0.2) is 0 Å². The van der Waals surface area contributed by atoms with Crippen LogP contribution in [0.2, 0.25) is 0 Å². The lowest BCUT2D eigenvalue weighted by Gasteiger charge is -2.18. The average Bonchev–Trinajstić information content (AvgIpc) is 2.95. The molecule has 0 radical (unpaired) electrons. The van der Waals surface area contributed by atoms with E-state index in [4.69, 9.17) is 0 Å². The van der Waals surface area contributed by atoms with E-state index in [1.165, 1.54) is 4.68 Å². The lowest BCUT2D eigenvalue weighted by atomic mass is 10.1. The maximum atomic E-state index is 11.7. The summed E-state index contributed by atoms with van der Waals surface area (Å²) in [5.41, 5.74) is 0.645. The van der Waals surface area contributed by atoms with E-state index in [9.17, 15) is 18.0 Å². The van der Waals surface area contributed by atoms with Crippen molar-refractivity contribution in [3.05, 3.63) is 22.6 Å². The topological polar surface area (TPSA) is 113 Å². The molecule has 1 aliphatic rings. The Morgan fingerprint density at radius 2 is 2.21 bits per heavy atom. The summed E-state index contributed by atoms with van der Waals surface area (Å²) in [5, 5.41) is 6.83. The van der Waals surface area contributed by atoms with Crippen LogP contribution < -0.4 is 20.5 Å². The molecular weight excluding hydrogens is 334 g/mol.